The smallest absolute Gasteiger partial charge is 0.406 e. The molecule has 0 aliphatic heterocycles. The van der Waals surface area contributed by atoms with Crippen molar-refractivity contribution >= 4 is 34.1 Å². The van der Waals surface area contributed by atoms with Crippen LogP contribution in [-0.2, 0) is 13.2 Å². The minimum absolute atomic E-state index is 0. The maximum Gasteiger partial charge on any atom is 0.573 e. The normalized spacial score (nSPS) is 10.1. The van der Waals surface area contributed by atoms with Crippen LogP contribution < -0.4 is 20.5 Å². The summed E-state index contributed by atoms with van der Waals surface area (Å²) in [5, 5.41) is 19.5. The highest BCUT2D eigenvalue weighted by Gasteiger charge is 2.31. The van der Waals surface area contributed by atoms with E-state index < -0.39 is 29.6 Å². The summed E-state index contributed by atoms with van der Waals surface area (Å²) in [4.78, 5) is 22.5. The minimum atomic E-state index is -4.77. The van der Waals surface area contributed by atoms with Gasteiger partial charge in [-0.25, -0.2) is 0 Å². The number of amides is 1. The molecule has 0 radical (unpaired) electrons. The number of hydrogen-bond donors (Lipinski definition) is 4. The lowest BCUT2D eigenvalue weighted by Gasteiger charge is -2.10. The lowest BCUT2D eigenvalue weighted by Crippen LogP contribution is -2.17. The van der Waals surface area contributed by atoms with Crippen molar-refractivity contribution in [3.63, 3.8) is 0 Å². The number of rotatable bonds is 7. The Bertz CT molecular complexity index is 1530. The van der Waals surface area contributed by atoms with Crippen molar-refractivity contribution < 1.29 is 55.6 Å². The van der Waals surface area contributed by atoms with Gasteiger partial charge >= 0.3 is 12.7 Å². The van der Waals surface area contributed by atoms with Gasteiger partial charge in [0.2, 0.25) is 0 Å². The Hall–Kier alpha value is -4.79. The van der Waals surface area contributed by atoms with E-state index in [9.17, 15) is 35.9 Å². The van der Waals surface area contributed by atoms with Gasteiger partial charge in [0, 0.05) is 22.5 Å². The largest absolute Gasteiger partial charge is 0.573 e. The van der Waals surface area contributed by atoms with Gasteiger partial charge in [0.05, 0.1) is 13.2 Å². The molecule has 0 saturated carbocycles. The number of aliphatic hydroxyl groups excluding tert-OH is 2. The molecule has 0 heterocycles. The standard InChI is InChI=1S/C15H12F3NO3.C8H4ClF3O2.C7H9NO.3CH4/c16-15(17,18)22-13-6-4-11(5-7-13)14(21)19-12-3-1-2-10(8-12)9-20;9-7(13)5-1-3-6(4-2-5)14-8(10,11)12;8-7-3-1-2-6(4-7)5-9;;;/h1-8,20H,9H2,(H,19,21);1-4H;1-4,9H,5,8H2;3*1H4. The minimum Gasteiger partial charge on any atom is -0.406 e. The van der Waals surface area contributed by atoms with Gasteiger partial charge in [-0.1, -0.05) is 46.5 Å². The van der Waals surface area contributed by atoms with Crippen LogP contribution in [0.2, 0.25) is 0 Å². The van der Waals surface area contributed by atoms with Crippen LogP contribution in [-0.4, -0.2) is 34.1 Å². The molecule has 4 aromatic rings. The molecule has 48 heavy (non-hydrogen) atoms. The maximum atomic E-state index is 12.0. The van der Waals surface area contributed by atoms with E-state index in [4.69, 9.17) is 27.5 Å². The van der Waals surface area contributed by atoms with Crippen molar-refractivity contribution in [2.24, 2.45) is 0 Å². The average molecular weight is 707 g/mol. The number of nitrogens with two attached hydrogens (primary N) is 1. The Morgan fingerprint density at radius 3 is 1.46 bits per heavy atom. The zero-order chi connectivity index (χ0) is 33.6. The summed E-state index contributed by atoms with van der Waals surface area (Å²) in [5.41, 5.74) is 8.38. The van der Waals surface area contributed by atoms with E-state index >= 15 is 0 Å². The highest BCUT2D eigenvalue weighted by Crippen LogP contribution is 2.24. The molecule has 0 aliphatic carbocycles. The van der Waals surface area contributed by atoms with Crippen molar-refractivity contribution in [1.29, 1.82) is 0 Å². The van der Waals surface area contributed by atoms with Gasteiger partial charge < -0.3 is 30.7 Å². The zero-order valence-corrected chi connectivity index (χ0v) is 23.7. The van der Waals surface area contributed by atoms with Gasteiger partial charge in [0.1, 0.15) is 11.5 Å². The number of carbonyl (C=O) groups excluding carboxylic acids is 2. The molecule has 8 nitrogen and oxygen atoms in total. The first-order valence-electron chi connectivity index (χ1n) is 12.5. The number of nitrogens with one attached hydrogen (secondary N) is 1. The molecule has 0 bridgehead atoms. The summed E-state index contributed by atoms with van der Waals surface area (Å²) in [5.74, 6) is -1.26. The Labute approximate surface area is 279 Å². The van der Waals surface area contributed by atoms with Crippen LogP contribution in [0.25, 0.3) is 0 Å². The van der Waals surface area contributed by atoms with Crippen molar-refractivity contribution in [1.82, 2.24) is 0 Å². The summed E-state index contributed by atoms with van der Waals surface area (Å²) in [6.45, 7) is -0.0990. The van der Waals surface area contributed by atoms with E-state index in [2.05, 4.69) is 14.8 Å². The molecule has 0 spiro atoms. The topological polar surface area (TPSA) is 131 Å². The molecule has 0 atom stereocenters. The van der Waals surface area contributed by atoms with Crippen LogP contribution in [0.3, 0.4) is 0 Å². The molecule has 0 saturated heterocycles. The van der Waals surface area contributed by atoms with Crippen LogP contribution >= 0.6 is 11.6 Å². The fraction of sp³-hybridized carbons (Fsp3) is 0.212. The molecule has 4 aromatic carbocycles. The number of aliphatic hydroxyl groups is 2. The summed E-state index contributed by atoms with van der Waals surface area (Å²) < 4.78 is 78.5. The molecule has 0 aromatic heterocycles. The first kappa shape index (κ1) is 45.3. The van der Waals surface area contributed by atoms with Crippen LogP contribution in [0, 0.1) is 0 Å². The van der Waals surface area contributed by atoms with E-state index in [1.807, 2.05) is 12.1 Å². The van der Waals surface area contributed by atoms with Crippen molar-refractivity contribution in [2.75, 3.05) is 11.1 Å². The van der Waals surface area contributed by atoms with Gasteiger partial charge in [0.25, 0.3) is 11.1 Å². The quantitative estimate of drug-likeness (QED) is 0.0857. The van der Waals surface area contributed by atoms with E-state index in [0.29, 0.717) is 16.9 Å². The monoisotopic (exact) mass is 706 g/mol. The summed E-state index contributed by atoms with van der Waals surface area (Å²) in [6, 6.07) is 22.7. The second-order valence-electron chi connectivity index (χ2n) is 8.63. The number of benzene rings is 4. The first-order chi connectivity index (χ1) is 21.1. The number of carbonyl (C=O) groups is 2. The highest BCUT2D eigenvalue weighted by atomic mass is 35.5. The number of halogens is 7. The lowest BCUT2D eigenvalue weighted by atomic mass is 10.1. The van der Waals surface area contributed by atoms with E-state index in [-0.39, 0.29) is 52.4 Å². The van der Waals surface area contributed by atoms with E-state index in [1.165, 1.54) is 12.1 Å². The SMILES string of the molecule is C.C.C.Nc1cccc(CO)c1.O=C(Cl)c1ccc(OC(F)(F)F)cc1.O=C(Nc1cccc(CO)c1)c1ccc(OC(F)(F)F)cc1. The zero-order valence-electron chi connectivity index (χ0n) is 22.9. The fourth-order valence-electron chi connectivity index (χ4n) is 3.24. The lowest BCUT2D eigenvalue weighted by molar-refractivity contribution is -0.275. The number of anilines is 2. The van der Waals surface area contributed by atoms with Crippen molar-refractivity contribution in [3.05, 3.63) is 119 Å². The van der Waals surface area contributed by atoms with Crippen molar-refractivity contribution in [3.8, 4) is 11.5 Å². The summed E-state index contributed by atoms with van der Waals surface area (Å²) in [6.07, 6.45) is -9.50. The van der Waals surface area contributed by atoms with Gasteiger partial charge in [-0.05, 0) is 95.5 Å². The Kier molecular flexibility index (Phi) is 20.0. The number of ether oxygens (including phenoxy) is 2. The molecule has 264 valence electrons. The molecule has 4 rings (SSSR count). The van der Waals surface area contributed by atoms with Gasteiger partial charge in [0.15, 0.2) is 0 Å². The van der Waals surface area contributed by atoms with Crippen LogP contribution in [0.4, 0.5) is 37.7 Å². The Morgan fingerprint density at radius 2 is 1.08 bits per heavy atom. The summed E-state index contributed by atoms with van der Waals surface area (Å²) >= 11 is 5.09. The highest BCUT2D eigenvalue weighted by molar-refractivity contribution is 6.67. The molecule has 0 unspecified atom stereocenters. The van der Waals surface area contributed by atoms with Gasteiger partial charge in [-0.3, -0.25) is 9.59 Å². The average Bonchev–Trinajstić information content (AvgIpc) is 2.97. The predicted octanol–water partition coefficient (Wildman–Crippen LogP) is 8.96. The van der Waals surface area contributed by atoms with Gasteiger partial charge in [-0.2, -0.15) is 0 Å². The van der Waals surface area contributed by atoms with Gasteiger partial charge in [-0.15, -0.1) is 26.3 Å². The molecule has 5 N–H and O–H groups in total. The first-order valence-corrected chi connectivity index (χ1v) is 12.8. The molecule has 15 heteroatoms. The molecular formula is C33H37ClF6N2O6. The van der Waals surface area contributed by atoms with Crippen LogP contribution in [0.15, 0.2) is 97.1 Å². The maximum absolute atomic E-state index is 12.0. The molecular weight excluding hydrogens is 670 g/mol. The van der Waals surface area contributed by atoms with Crippen LogP contribution in [0.5, 0.6) is 11.5 Å². The van der Waals surface area contributed by atoms with E-state index in [1.54, 1.807) is 36.4 Å². The summed E-state index contributed by atoms with van der Waals surface area (Å²) in [7, 11) is 0. The van der Waals surface area contributed by atoms with Crippen molar-refractivity contribution in [2.45, 2.75) is 48.2 Å². The Balaban J connectivity index is 0. The van der Waals surface area contributed by atoms with E-state index in [0.717, 1.165) is 42.0 Å². The number of hydrogen-bond acceptors (Lipinski definition) is 7. The molecule has 0 fully saturated rings. The third-order valence-corrected chi connectivity index (χ3v) is 5.38. The number of nitrogen functional groups attached to an aromatic ring is 1. The van der Waals surface area contributed by atoms with Crippen LogP contribution in [0.1, 0.15) is 54.1 Å². The molecule has 0 aliphatic rings. The number of alkyl halides is 6. The molecule has 1 amide bonds. The Morgan fingerprint density at radius 1 is 0.667 bits per heavy atom. The second kappa shape index (κ2) is 21.2. The fourth-order valence-corrected chi connectivity index (χ4v) is 3.36. The third-order valence-electron chi connectivity index (χ3n) is 5.17. The predicted molar refractivity (Wildman–Crippen MR) is 174 cm³/mol. The second-order valence-corrected chi connectivity index (χ2v) is 8.98. The third kappa shape index (κ3) is 17.8.